The van der Waals surface area contributed by atoms with Crippen LogP contribution in [0.2, 0.25) is 0 Å². The number of hydrogen-bond acceptors (Lipinski definition) is 5. The number of nitrogens with zero attached hydrogens (tertiary/aromatic N) is 5. The van der Waals surface area contributed by atoms with E-state index in [4.69, 9.17) is 0 Å². The molecule has 1 atom stereocenters. The lowest BCUT2D eigenvalue weighted by Crippen LogP contribution is -2.63. The van der Waals surface area contributed by atoms with Crippen LogP contribution in [0.4, 0.5) is 0 Å². The number of carbonyl (C=O) groups is 1. The fourth-order valence-electron chi connectivity index (χ4n) is 2.89. The van der Waals surface area contributed by atoms with Gasteiger partial charge in [-0.1, -0.05) is 0 Å². The average Bonchev–Trinajstić information content (AvgIpc) is 2.87. The third-order valence-corrected chi connectivity index (χ3v) is 3.98. The molecule has 1 aromatic heterocycles. The molecule has 4 rings (SSSR count). The van der Waals surface area contributed by atoms with Gasteiger partial charge in [-0.15, -0.1) is 0 Å². The van der Waals surface area contributed by atoms with Gasteiger partial charge >= 0.3 is 0 Å². The van der Waals surface area contributed by atoms with Crippen LogP contribution >= 0.6 is 0 Å². The van der Waals surface area contributed by atoms with Crippen LogP contribution in [0.5, 0.6) is 0 Å². The largest absolute Gasteiger partial charge is 0.299 e. The molecule has 3 fully saturated rings. The molecule has 2 bridgehead atoms. The number of aromatic nitrogens is 3. The van der Waals surface area contributed by atoms with E-state index < -0.39 is 0 Å². The van der Waals surface area contributed by atoms with Crippen LogP contribution in [0.1, 0.15) is 12.7 Å². The summed E-state index contributed by atoms with van der Waals surface area (Å²) >= 11 is 0. The van der Waals surface area contributed by atoms with Crippen molar-refractivity contribution in [2.45, 2.75) is 25.9 Å². The van der Waals surface area contributed by atoms with Gasteiger partial charge < -0.3 is 0 Å². The standard InChI is InChI=1S/C12H19N5O/c1-2-17-12(13-9-14-17)7-11(18)10-8-15-3-5-16(10)6-4-15/h9-10H,2-8H2,1H3. The molecule has 4 heterocycles. The molecule has 0 amide bonds. The lowest BCUT2D eigenvalue weighted by molar-refractivity contribution is -0.128. The van der Waals surface area contributed by atoms with E-state index >= 15 is 0 Å². The number of aryl methyl sites for hydroxylation is 1. The molecular weight excluding hydrogens is 230 g/mol. The Bertz CT molecular complexity index is 435. The number of rotatable bonds is 4. The van der Waals surface area contributed by atoms with Gasteiger partial charge in [0.2, 0.25) is 0 Å². The van der Waals surface area contributed by atoms with Crippen molar-refractivity contribution in [1.29, 1.82) is 0 Å². The van der Waals surface area contributed by atoms with Gasteiger partial charge in [0.05, 0.1) is 12.5 Å². The Hall–Kier alpha value is -1.27. The topological polar surface area (TPSA) is 54.3 Å². The minimum Gasteiger partial charge on any atom is -0.299 e. The first-order valence-electron chi connectivity index (χ1n) is 6.63. The lowest BCUT2D eigenvalue weighted by Gasteiger charge is -2.46. The van der Waals surface area contributed by atoms with E-state index in [-0.39, 0.29) is 11.8 Å². The van der Waals surface area contributed by atoms with Crippen molar-refractivity contribution in [2.75, 3.05) is 32.7 Å². The van der Waals surface area contributed by atoms with Crippen molar-refractivity contribution in [3.8, 4) is 0 Å². The van der Waals surface area contributed by atoms with Crippen molar-refractivity contribution >= 4 is 5.78 Å². The molecule has 3 aliphatic heterocycles. The zero-order valence-corrected chi connectivity index (χ0v) is 10.7. The van der Waals surface area contributed by atoms with Crippen molar-refractivity contribution in [3.63, 3.8) is 0 Å². The summed E-state index contributed by atoms with van der Waals surface area (Å²) < 4.78 is 1.80. The Kier molecular flexibility index (Phi) is 3.13. The van der Waals surface area contributed by atoms with Crippen molar-refractivity contribution < 1.29 is 4.79 Å². The van der Waals surface area contributed by atoms with E-state index in [0.29, 0.717) is 6.42 Å². The predicted molar refractivity (Wildman–Crippen MR) is 66.2 cm³/mol. The van der Waals surface area contributed by atoms with Crippen molar-refractivity contribution in [3.05, 3.63) is 12.2 Å². The summed E-state index contributed by atoms with van der Waals surface area (Å²) in [6.45, 7) is 7.93. The van der Waals surface area contributed by atoms with Crippen molar-refractivity contribution in [1.82, 2.24) is 24.6 Å². The predicted octanol–water partition coefficient (Wildman–Crippen LogP) is -0.591. The molecule has 18 heavy (non-hydrogen) atoms. The fraction of sp³-hybridized carbons (Fsp3) is 0.750. The van der Waals surface area contributed by atoms with E-state index in [1.807, 2.05) is 6.92 Å². The zero-order valence-electron chi connectivity index (χ0n) is 10.7. The highest BCUT2D eigenvalue weighted by Gasteiger charge is 2.36. The molecule has 1 unspecified atom stereocenters. The summed E-state index contributed by atoms with van der Waals surface area (Å²) in [6, 6.07) is 0.0644. The molecule has 1 aromatic rings. The number of piperazine rings is 3. The number of ketones is 1. The summed E-state index contributed by atoms with van der Waals surface area (Å²) in [6.07, 6.45) is 1.94. The highest BCUT2D eigenvalue weighted by atomic mass is 16.1. The normalized spacial score (nSPS) is 30.6. The minimum atomic E-state index is 0.0644. The van der Waals surface area contributed by atoms with Gasteiger partial charge in [0.1, 0.15) is 12.2 Å². The Morgan fingerprint density at radius 3 is 2.78 bits per heavy atom. The summed E-state index contributed by atoms with van der Waals surface area (Å²) in [4.78, 5) is 21.3. The van der Waals surface area contributed by atoms with Gasteiger partial charge in [-0.05, 0) is 6.92 Å². The summed E-state index contributed by atoms with van der Waals surface area (Å²) in [5, 5.41) is 4.11. The second-order valence-corrected chi connectivity index (χ2v) is 4.99. The first kappa shape index (κ1) is 11.8. The second-order valence-electron chi connectivity index (χ2n) is 4.99. The minimum absolute atomic E-state index is 0.0644. The Balaban J connectivity index is 1.68. The third kappa shape index (κ3) is 2.06. The maximum atomic E-state index is 12.4. The van der Waals surface area contributed by atoms with Crippen molar-refractivity contribution in [2.24, 2.45) is 0 Å². The van der Waals surface area contributed by atoms with Crippen LogP contribution in [-0.2, 0) is 17.8 Å². The van der Waals surface area contributed by atoms with E-state index in [1.54, 1.807) is 4.68 Å². The molecule has 0 radical (unpaired) electrons. The van der Waals surface area contributed by atoms with Crippen LogP contribution < -0.4 is 0 Å². The molecule has 0 spiro atoms. The van der Waals surface area contributed by atoms with Crippen LogP contribution in [0.25, 0.3) is 0 Å². The summed E-state index contributed by atoms with van der Waals surface area (Å²) in [5.41, 5.74) is 0. The molecule has 3 saturated heterocycles. The maximum absolute atomic E-state index is 12.4. The molecule has 0 aromatic carbocycles. The number of hydrogen-bond donors (Lipinski definition) is 0. The zero-order chi connectivity index (χ0) is 12.5. The van der Waals surface area contributed by atoms with Crippen LogP contribution in [0, 0.1) is 0 Å². The molecule has 98 valence electrons. The van der Waals surface area contributed by atoms with Crippen LogP contribution in [-0.4, -0.2) is 69.1 Å². The molecular formula is C12H19N5O. The first-order valence-corrected chi connectivity index (χ1v) is 6.63. The van der Waals surface area contributed by atoms with Crippen LogP contribution in [0.3, 0.4) is 0 Å². The summed E-state index contributed by atoms with van der Waals surface area (Å²) in [7, 11) is 0. The van der Waals surface area contributed by atoms with Gasteiger partial charge in [-0.25, -0.2) is 9.67 Å². The molecule has 6 heteroatoms. The van der Waals surface area contributed by atoms with E-state index in [1.165, 1.54) is 6.33 Å². The highest BCUT2D eigenvalue weighted by Crippen LogP contribution is 2.17. The quantitative estimate of drug-likeness (QED) is 0.714. The molecule has 3 aliphatic rings. The molecule has 0 aliphatic carbocycles. The SMILES string of the molecule is CCn1ncnc1CC(=O)C1CN2CCN1CC2. The van der Waals surface area contributed by atoms with E-state index in [2.05, 4.69) is 19.9 Å². The Morgan fingerprint density at radius 2 is 2.17 bits per heavy atom. The van der Waals surface area contributed by atoms with E-state index in [0.717, 1.165) is 45.1 Å². The first-order chi connectivity index (χ1) is 8.78. The third-order valence-electron chi connectivity index (χ3n) is 3.98. The number of Topliss-reactive ketones (excluding diaryl/α,β-unsaturated/α-hetero) is 1. The van der Waals surface area contributed by atoms with E-state index in [9.17, 15) is 4.79 Å². The van der Waals surface area contributed by atoms with Crippen LogP contribution in [0.15, 0.2) is 6.33 Å². The van der Waals surface area contributed by atoms with Gasteiger partial charge in [-0.2, -0.15) is 5.10 Å². The maximum Gasteiger partial charge on any atom is 0.158 e. The van der Waals surface area contributed by atoms with Gasteiger partial charge in [0.15, 0.2) is 5.78 Å². The smallest absolute Gasteiger partial charge is 0.158 e. The van der Waals surface area contributed by atoms with Gasteiger partial charge in [0.25, 0.3) is 0 Å². The Labute approximate surface area is 107 Å². The average molecular weight is 249 g/mol. The van der Waals surface area contributed by atoms with Gasteiger partial charge in [-0.3, -0.25) is 14.6 Å². The monoisotopic (exact) mass is 249 g/mol. The highest BCUT2D eigenvalue weighted by molar-refractivity contribution is 5.86. The fourth-order valence-corrected chi connectivity index (χ4v) is 2.89. The molecule has 6 nitrogen and oxygen atoms in total. The van der Waals surface area contributed by atoms with Gasteiger partial charge in [0, 0.05) is 39.3 Å². The Morgan fingerprint density at radius 1 is 1.39 bits per heavy atom. The molecule has 0 N–H and O–H groups in total. The number of fused-ring (bicyclic) bond motifs is 3. The summed E-state index contributed by atoms with van der Waals surface area (Å²) in [5.74, 6) is 1.07. The number of carbonyl (C=O) groups excluding carboxylic acids is 1. The lowest BCUT2D eigenvalue weighted by atomic mass is 10.0. The molecule has 0 saturated carbocycles. The second kappa shape index (κ2) is 4.78.